The summed E-state index contributed by atoms with van der Waals surface area (Å²) in [5.74, 6) is -0.461. The Morgan fingerprint density at radius 1 is 1.35 bits per heavy atom. The molecule has 0 fully saturated rings. The molecule has 0 spiro atoms. The molecule has 0 unspecified atom stereocenters. The molecule has 2 aromatic heterocycles. The van der Waals surface area contributed by atoms with Crippen molar-refractivity contribution in [3.63, 3.8) is 0 Å². The van der Waals surface area contributed by atoms with Gasteiger partial charge >= 0.3 is 6.18 Å². The van der Waals surface area contributed by atoms with Crippen LogP contribution in [-0.2, 0) is 30.6 Å². The molecule has 0 aromatic carbocycles. The van der Waals surface area contributed by atoms with E-state index in [2.05, 4.69) is 5.10 Å². The Labute approximate surface area is 146 Å². The first-order valence-electron chi connectivity index (χ1n) is 7.95. The SMILES string of the molecule is C[C@H](O)c1cc2n(n1)CCN(C(=O)Cn1cc(C(F)(F)F)ccc1=O)C2. The van der Waals surface area contributed by atoms with E-state index in [4.69, 9.17) is 0 Å². The number of alkyl halides is 3. The predicted molar refractivity (Wildman–Crippen MR) is 84.0 cm³/mol. The van der Waals surface area contributed by atoms with E-state index < -0.39 is 35.9 Å². The molecule has 1 N–H and O–H groups in total. The van der Waals surface area contributed by atoms with Gasteiger partial charge in [-0.25, -0.2) is 0 Å². The highest BCUT2D eigenvalue weighted by Crippen LogP contribution is 2.28. The first-order valence-corrected chi connectivity index (χ1v) is 7.95. The number of aromatic nitrogens is 3. The van der Waals surface area contributed by atoms with E-state index in [9.17, 15) is 27.9 Å². The maximum Gasteiger partial charge on any atom is 0.417 e. The molecule has 3 heterocycles. The van der Waals surface area contributed by atoms with Crippen LogP contribution in [0.15, 0.2) is 29.2 Å². The van der Waals surface area contributed by atoms with Crippen molar-refractivity contribution < 1.29 is 23.1 Å². The van der Waals surface area contributed by atoms with E-state index >= 15 is 0 Å². The van der Waals surface area contributed by atoms with Crippen LogP contribution in [0.1, 0.15) is 30.0 Å². The second kappa shape index (κ2) is 6.60. The summed E-state index contributed by atoms with van der Waals surface area (Å²) in [6, 6.07) is 3.18. The first-order chi connectivity index (χ1) is 12.1. The summed E-state index contributed by atoms with van der Waals surface area (Å²) in [5, 5.41) is 13.8. The molecule has 1 amide bonds. The van der Waals surface area contributed by atoms with Gasteiger partial charge < -0.3 is 14.6 Å². The van der Waals surface area contributed by atoms with Crippen LogP contribution in [0.4, 0.5) is 13.2 Å². The molecule has 1 aliphatic heterocycles. The summed E-state index contributed by atoms with van der Waals surface area (Å²) in [6.45, 7) is 2.05. The molecule has 10 heteroatoms. The fourth-order valence-electron chi connectivity index (χ4n) is 2.77. The number of hydrogen-bond acceptors (Lipinski definition) is 4. The van der Waals surface area contributed by atoms with E-state index in [1.807, 2.05) is 0 Å². The van der Waals surface area contributed by atoms with E-state index in [1.165, 1.54) is 4.90 Å². The van der Waals surface area contributed by atoms with Crippen molar-refractivity contribution in [3.05, 3.63) is 51.7 Å². The van der Waals surface area contributed by atoms with Gasteiger partial charge in [-0.1, -0.05) is 0 Å². The van der Waals surface area contributed by atoms with Crippen molar-refractivity contribution in [3.8, 4) is 0 Å². The van der Waals surface area contributed by atoms with E-state index in [1.54, 1.807) is 17.7 Å². The Kier molecular flexibility index (Phi) is 4.61. The number of aliphatic hydroxyl groups is 1. The number of nitrogens with zero attached hydrogens (tertiary/aromatic N) is 4. The lowest BCUT2D eigenvalue weighted by atomic mass is 10.2. The number of amides is 1. The second-order valence-electron chi connectivity index (χ2n) is 6.16. The minimum atomic E-state index is -4.59. The largest absolute Gasteiger partial charge is 0.417 e. The fraction of sp³-hybridized carbons (Fsp3) is 0.438. The summed E-state index contributed by atoms with van der Waals surface area (Å²) in [6.07, 6.45) is -4.67. The number of carbonyl (C=O) groups is 1. The summed E-state index contributed by atoms with van der Waals surface area (Å²) < 4.78 is 40.8. The maximum absolute atomic E-state index is 12.8. The Hall–Kier alpha value is -2.62. The number of aliphatic hydroxyl groups excluding tert-OH is 1. The van der Waals surface area contributed by atoms with Gasteiger partial charge in [0.2, 0.25) is 5.91 Å². The number of hydrogen-bond donors (Lipinski definition) is 1. The highest BCUT2D eigenvalue weighted by Gasteiger charge is 2.31. The van der Waals surface area contributed by atoms with Crippen molar-refractivity contribution in [1.29, 1.82) is 0 Å². The third-order valence-corrected chi connectivity index (χ3v) is 4.21. The number of rotatable bonds is 3. The van der Waals surface area contributed by atoms with Crippen LogP contribution in [0.5, 0.6) is 0 Å². The van der Waals surface area contributed by atoms with Gasteiger partial charge in [-0.2, -0.15) is 18.3 Å². The smallest absolute Gasteiger partial charge is 0.387 e. The zero-order valence-electron chi connectivity index (χ0n) is 13.9. The van der Waals surface area contributed by atoms with Crippen LogP contribution >= 0.6 is 0 Å². The summed E-state index contributed by atoms with van der Waals surface area (Å²) in [4.78, 5) is 25.7. The maximum atomic E-state index is 12.8. The van der Waals surface area contributed by atoms with Gasteiger partial charge in [0.15, 0.2) is 0 Å². The minimum Gasteiger partial charge on any atom is -0.387 e. The van der Waals surface area contributed by atoms with Crippen molar-refractivity contribution in [1.82, 2.24) is 19.2 Å². The first kappa shape index (κ1) is 18.2. The van der Waals surface area contributed by atoms with Crippen LogP contribution < -0.4 is 5.56 Å². The molecule has 0 radical (unpaired) electrons. The van der Waals surface area contributed by atoms with Gasteiger partial charge in [-0.3, -0.25) is 14.3 Å². The number of pyridine rings is 1. The van der Waals surface area contributed by atoms with Gasteiger partial charge in [-0.15, -0.1) is 0 Å². The predicted octanol–water partition coefficient (Wildman–Crippen LogP) is 1.16. The quantitative estimate of drug-likeness (QED) is 0.879. The molecular formula is C16H17F3N4O3. The monoisotopic (exact) mass is 370 g/mol. The Bertz CT molecular complexity index is 886. The van der Waals surface area contributed by atoms with Crippen LogP contribution in [0, 0.1) is 0 Å². The molecule has 1 atom stereocenters. The molecule has 1 aliphatic rings. The van der Waals surface area contributed by atoms with E-state index in [0.29, 0.717) is 31.0 Å². The normalized spacial score (nSPS) is 15.7. The fourth-order valence-corrected chi connectivity index (χ4v) is 2.77. The lowest BCUT2D eigenvalue weighted by molar-refractivity contribution is -0.139. The lowest BCUT2D eigenvalue weighted by Crippen LogP contribution is -2.41. The zero-order chi connectivity index (χ0) is 19.1. The third-order valence-electron chi connectivity index (χ3n) is 4.21. The van der Waals surface area contributed by atoms with Crippen LogP contribution in [0.2, 0.25) is 0 Å². The highest BCUT2D eigenvalue weighted by molar-refractivity contribution is 5.76. The summed E-state index contributed by atoms with van der Waals surface area (Å²) in [5.41, 5.74) is -0.451. The van der Waals surface area contributed by atoms with Crippen molar-refractivity contribution in [2.24, 2.45) is 0 Å². The molecule has 0 aliphatic carbocycles. The van der Waals surface area contributed by atoms with Gasteiger partial charge in [0, 0.05) is 18.8 Å². The zero-order valence-corrected chi connectivity index (χ0v) is 13.9. The topological polar surface area (TPSA) is 80.4 Å². The van der Waals surface area contributed by atoms with Crippen molar-refractivity contribution >= 4 is 5.91 Å². The van der Waals surface area contributed by atoms with E-state index in [-0.39, 0.29) is 6.54 Å². The Morgan fingerprint density at radius 3 is 2.73 bits per heavy atom. The Morgan fingerprint density at radius 2 is 2.08 bits per heavy atom. The van der Waals surface area contributed by atoms with E-state index in [0.717, 1.165) is 16.3 Å². The second-order valence-corrected chi connectivity index (χ2v) is 6.16. The number of fused-ring (bicyclic) bond motifs is 1. The molecule has 2 aromatic rings. The Balaban J connectivity index is 1.76. The lowest BCUT2D eigenvalue weighted by Gasteiger charge is -2.28. The molecule has 7 nitrogen and oxygen atoms in total. The third kappa shape index (κ3) is 3.64. The summed E-state index contributed by atoms with van der Waals surface area (Å²) >= 11 is 0. The van der Waals surface area contributed by atoms with Gasteiger partial charge in [0.25, 0.3) is 5.56 Å². The molecule has 140 valence electrons. The van der Waals surface area contributed by atoms with Crippen molar-refractivity contribution in [2.75, 3.05) is 6.54 Å². The summed E-state index contributed by atoms with van der Waals surface area (Å²) in [7, 11) is 0. The minimum absolute atomic E-state index is 0.215. The standard InChI is InChI=1S/C16H17F3N4O3/c1-10(24)13-6-12-8-21(4-5-23(12)20-13)15(26)9-22-7-11(16(17,18)19)2-3-14(22)25/h2-3,6-7,10,24H,4-5,8-9H2,1H3/t10-/m0/s1. The molecule has 3 rings (SSSR count). The molecule has 0 saturated heterocycles. The molecular weight excluding hydrogens is 353 g/mol. The van der Waals surface area contributed by atoms with Crippen LogP contribution in [0.25, 0.3) is 0 Å². The molecule has 26 heavy (non-hydrogen) atoms. The molecule has 0 bridgehead atoms. The number of halogens is 3. The van der Waals surface area contributed by atoms with Crippen molar-refractivity contribution in [2.45, 2.75) is 38.8 Å². The number of carbonyl (C=O) groups excluding carboxylic acids is 1. The van der Waals surface area contributed by atoms with Crippen LogP contribution in [-0.4, -0.2) is 36.8 Å². The van der Waals surface area contributed by atoms with Gasteiger partial charge in [0.05, 0.1) is 36.1 Å². The van der Waals surface area contributed by atoms with Gasteiger partial charge in [-0.05, 0) is 19.1 Å². The highest BCUT2D eigenvalue weighted by atomic mass is 19.4. The van der Waals surface area contributed by atoms with Crippen LogP contribution in [0.3, 0.4) is 0 Å². The average Bonchev–Trinajstić information content (AvgIpc) is 2.99. The van der Waals surface area contributed by atoms with Gasteiger partial charge in [0.1, 0.15) is 6.54 Å². The average molecular weight is 370 g/mol. The molecule has 0 saturated carbocycles.